The van der Waals surface area contributed by atoms with Crippen molar-refractivity contribution < 1.29 is 0 Å². The fraction of sp³-hybridized carbons (Fsp3) is 0.444. The summed E-state index contributed by atoms with van der Waals surface area (Å²) in [5.74, 6) is 0. The quantitative estimate of drug-likeness (QED) is 0.837. The van der Waals surface area contributed by atoms with Crippen molar-refractivity contribution >= 4 is 11.3 Å². The van der Waals surface area contributed by atoms with Crippen LogP contribution in [0.5, 0.6) is 0 Å². The van der Waals surface area contributed by atoms with E-state index in [1.54, 1.807) is 0 Å². The van der Waals surface area contributed by atoms with E-state index in [0.717, 1.165) is 19.4 Å². The largest absolute Gasteiger partial charge is 0.324 e. The molecule has 1 heterocycles. The molecule has 2 atom stereocenters. The van der Waals surface area contributed by atoms with Crippen molar-refractivity contribution in [2.45, 2.75) is 38.8 Å². The van der Waals surface area contributed by atoms with Crippen molar-refractivity contribution in [1.82, 2.24) is 4.90 Å². The maximum atomic E-state index is 6.30. The maximum absolute atomic E-state index is 6.30. The Hall–Kier alpha value is -1.16. The smallest absolute Gasteiger partial charge is 0.0307 e. The molecule has 0 radical (unpaired) electrons. The summed E-state index contributed by atoms with van der Waals surface area (Å²) in [7, 11) is 2.19. The number of nitrogens with zero attached hydrogens (tertiary/aromatic N) is 1. The first kappa shape index (κ1) is 16.2. The molecule has 0 aliphatic rings. The third kappa shape index (κ3) is 4.95. The van der Waals surface area contributed by atoms with Crippen LogP contribution in [0.3, 0.4) is 0 Å². The van der Waals surface area contributed by atoms with Crippen LogP contribution in [0.2, 0.25) is 0 Å². The highest BCUT2D eigenvalue weighted by Crippen LogP contribution is 2.17. The van der Waals surface area contributed by atoms with Crippen LogP contribution in [0.1, 0.15) is 35.4 Å². The molecule has 0 bridgehead atoms. The minimum atomic E-state index is 0.127. The zero-order chi connectivity index (χ0) is 15.2. The summed E-state index contributed by atoms with van der Waals surface area (Å²) in [6.07, 6.45) is 2.11. The maximum Gasteiger partial charge on any atom is 0.0307 e. The molecular weight excluding hydrogens is 276 g/mol. The van der Waals surface area contributed by atoms with Crippen LogP contribution in [-0.4, -0.2) is 24.5 Å². The molecule has 0 spiro atoms. The Morgan fingerprint density at radius 2 is 1.90 bits per heavy atom. The molecule has 2 unspecified atom stereocenters. The van der Waals surface area contributed by atoms with Crippen LogP contribution in [-0.2, 0) is 6.42 Å². The summed E-state index contributed by atoms with van der Waals surface area (Å²) in [5.41, 5.74) is 8.83. The van der Waals surface area contributed by atoms with E-state index in [1.807, 2.05) is 11.3 Å². The fourth-order valence-corrected chi connectivity index (χ4v) is 3.25. The van der Waals surface area contributed by atoms with Gasteiger partial charge in [-0.05, 0) is 57.3 Å². The Morgan fingerprint density at radius 1 is 1.19 bits per heavy atom. The number of aryl methyl sites for hydroxylation is 1. The summed E-state index contributed by atoms with van der Waals surface area (Å²) < 4.78 is 0. The Bertz CT molecular complexity index is 519. The van der Waals surface area contributed by atoms with E-state index >= 15 is 0 Å². The summed E-state index contributed by atoms with van der Waals surface area (Å²) in [6.45, 7) is 5.42. The summed E-state index contributed by atoms with van der Waals surface area (Å²) in [5, 5.41) is 2.15. The zero-order valence-electron chi connectivity index (χ0n) is 13.3. The van der Waals surface area contributed by atoms with E-state index in [-0.39, 0.29) is 6.04 Å². The van der Waals surface area contributed by atoms with Crippen LogP contribution < -0.4 is 5.73 Å². The van der Waals surface area contributed by atoms with Gasteiger partial charge >= 0.3 is 0 Å². The Labute approximate surface area is 132 Å². The molecule has 21 heavy (non-hydrogen) atoms. The Kier molecular flexibility index (Phi) is 5.97. The van der Waals surface area contributed by atoms with Gasteiger partial charge in [0.05, 0.1) is 0 Å². The molecule has 114 valence electrons. The van der Waals surface area contributed by atoms with E-state index in [1.165, 1.54) is 16.0 Å². The standard InChI is InChI=1S/C18H26N2S/c1-14-6-8-16(9-7-14)18(19)10-11-20(3)15(2)13-17-5-4-12-21-17/h4-9,12,15,18H,10-11,13,19H2,1-3H3. The number of benzene rings is 1. The first-order valence-electron chi connectivity index (χ1n) is 7.61. The average molecular weight is 302 g/mol. The lowest BCUT2D eigenvalue weighted by molar-refractivity contribution is 0.248. The summed E-state index contributed by atoms with van der Waals surface area (Å²) >= 11 is 1.84. The Balaban J connectivity index is 1.79. The number of likely N-dealkylation sites (N-methyl/N-ethyl adjacent to an activating group) is 1. The topological polar surface area (TPSA) is 29.3 Å². The predicted octanol–water partition coefficient (Wildman–Crippen LogP) is 4.01. The van der Waals surface area contributed by atoms with Gasteiger partial charge in [0, 0.05) is 17.0 Å². The highest BCUT2D eigenvalue weighted by molar-refractivity contribution is 7.09. The second kappa shape index (κ2) is 7.74. The molecule has 1 aromatic heterocycles. The monoisotopic (exact) mass is 302 g/mol. The van der Waals surface area contributed by atoms with E-state index in [4.69, 9.17) is 5.73 Å². The van der Waals surface area contributed by atoms with Gasteiger partial charge in [0.25, 0.3) is 0 Å². The van der Waals surface area contributed by atoms with Crippen LogP contribution in [0.25, 0.3) is 0 Å². The van der Waals surface area contributed by atoms with Crippen molar-refractivity contribution in [3.05, 3.63) is 57.8 Å². The van der Waals surface area contributed by atoms with Gasteiger partial charge in [0.1, 0.15) is 0 Å². The molecule has 0 amide bonds. The molecule has 2 rings (SSSR count). The van der Waals surface area contributed by atoms with Crippen LogP contribution >= 0.6 is 11.3 Å². The van der Waals surface area contributed by atoms with Gasteiger partial charge in [0.15, 0.2) is 0 Å². The van der Waals surface area contributed by atoms with Gasteiger partial charge in [0.2, 0.25) is 0 Å². The van der Waals surface area contributed by atoms with E-state index in [9.17, 15) is 0 Å². The Morgan fingerprint density at radius 3 is 2.52 bits per heavy atom. The molecule has 3 heteroatoms. The third-order valence-corrected chi connectivity index (χ3v) is 5.03. The van der Waals surface area contributed by atoms with Crippen molar-refractivity contribution in [3.8, 4) is 0 Å². The van der Waals surface area contributed by atoms with Gasteiger partial charge < -0.3 is 10.6 Å². The molecule has 1 aromatic carbocycles. The number of thiophene rings is 1. The highest BCUT2D eigenvalue weighted by Gasteiger charge is 2.13. The first-order chi connectivity index (χ1) is 10.1. The second-order valence-corrected chi connectivity index (χ2v) is 6.95. The van der Waals surface area contributed by atoms with Crippen molar-refractivity contribution in [3.63, 3.8) is 0 Å². The summed E-state index contributed by atoms with van der Waals surface area (Å²) in [6, 6.07) is 13.6. The van der Waals surface area contributed by atoms with Crippen LogP contribution in [0.15, 0.2) is 41.8 Å². The molecule has 2 aromatic rings. The normalized spacial score (nSPS) is 14.3. The van der Waals surface area contributed by atoms with Crippen molar-refractivity contribution in [2.75, 3.05) is 13.6 Å². The lowest BCUT2D eigenvalue weighted by Gasteiger charge is -2.25. The second-order valence-electron chi connectivity index (χ2n) is 5.92. The number of rotatable bonds is 7. The molecule has 2 N–H and O–H groups in total. The number of hydrogen-bond acceptors (Lipinski definition) is 3. The van der Waals surface area contributed by atoms with Gasteiger partial charge in [-0.3, -0.25) is 0 Å². The van der Waals surface area contributed by atoms with Crippen molar-refractivity contribution in [2.24, 2.45) is 5.73 Å². The van der Waals surface area contributed by atoms with Crippen molar-refractivity contribution in [1.29, 1.82) is 0 Å². The average Bonchev–Trinajstić information content (AvgIpc) is 2.98. The molecule has 0 aliphatic heterocycles. The van der Waals surface area contributed by atoms with Gasteiger partial charge in [-0.25, -0.2) is 0 Å². The molecule has 0 saturated carbocycles. The number of nitrogens with two attached hydrogens (primary N) is 1. The van der Waals surface area contributed by atoms with E-state index < -0.39 is 0 Å². The van der Waals surface area contributed by atoms with Gasteiger partial charge in [-0.2, -0.15) is 0 Å². The van der Waals surface area contributed by atoms with Gasteiger partial charge in [-0.1, -0.05) is 35.9 Å². The highest BCUT2D eigenvalue weighted by atomic mass is 32.1. The molecule has 0 fully saturated rings. The van der Waals surface area contributed by atoms with Crippen LogP contribution in [0, 0.1) is 6.92 Å². The zero-order valence-corrected chi connectivity index (χ0v) is 14.1. The van der Waals surface area contributed by atoms with E-state index in [0.29, 0.717) is 6.04 Å². The van der Waals surface area contributed by atoms with Crippen LogP contribution in [0.4, 0.5) is 0 Å². The lowest BCUT2D eigenvalue weighted by Crippen LogP contribution is -2.33. The third-order valence-electron chi connectivity index (χ3n) is 4.13. The fourth-order valence-electron chi connectivity index (χ4n) is 2.42. The van der Waals surface area contributed by atoms with E-state index in [2.05, 4.69) is 67.6 Å². The molecule has 0 saturated heterocycles. The SMILES string of the molecule is Cc1ccc(C(N)CCN(C)C(C)Cc2cccs2)cc1. The minimum Gasteiger partial charge on any atom is -0.324 e. The summed E-state index contributed by atoms with van der Waals surface area (Å²) in [4.78, 5) is 3.87. The molecule has 2 nitrogen and oxygen atoms in total. The lowest BCUT2D eigenvalue weighted by atomic mass is 10.0. The predicted molar refractivity (Wildman–Crippen MR) is 92.8 cm³/mol. The number of hydrogen-bond donors (Lipinski definition) is 1. The minimum absolute atomic E-state index is 0.127. The van der Waals surface area contributed by atoms with Gasteiger partial charge in [-0.15, -0.1) is 11.3 Å². The molecular formula is C18H26N2S. The first-order valence-corrected chi connectivity index (χ1v) is 8.49. The molecule has 0 aliphatic carbocycles.